The number of aromatic nitrogens is 3. The van der Waals surface area contributed by atoms with Crippen molar-refractivity contribution in [2.45, 2.75) is 57.7 Å². The average molecular weight is 595 g/mol. The number of pyridine rings is 1. The Balaban J connectivity index is 0.000000541. The number of aliphatic carboxylic acids is 1. The summed E-state index contributed by atoms with van der Waals surface area (Å²) in [6, 6.07) is 12.6. The van der Waals surface area contributed by atoms with Gasteiger partial charge in [-0.3, -0.25) is 19.7 Å². The summed E-state index contributed by atoms with van der Waals surface area (Å²) in [4.78, 5) is 38.9. The van der Waals surface area contributed by atoms with E-state index in [2.05, 4.69) is 61.2 Å². The highest BCUT2D eigenvalue weighted by Gasteiger charge is 2.38. The Morgan fingerprint density at radius 2 is 1.91 bits per heavy atom. The predicted octanol–water partition coefficient (Wildman–Crippen LogP) is 6.82. The Kier molecular flexibility index (Phi) is 10.3. The molecule has 0 spiro atoms. The molecule has 1 fully saturated rings. The molecule has 43 heavy (non-hydrogen) atoms. The lowest BCUT2D eigenvalue weighted by atomic mass is 9.83. The predicted molar refractivity (Wildman–Crippen MR) is 155 cm³/mol. The fourth-order valence-corrected chi connectivity index (χ4v) is 5.21. The molecule has 1 atom stereocenters. The minimum Gasteiger partial charge on any atom is -0.475 e. The van der Waals surface area contributed by atoms with Gasteiger partial charge in [0.25, 0.3) is 5.82 Å². The molecule has 12 heteroatoms. The number of halogens is 3. The van der Waals surface area contributed by atoms with Crippen molar-refractivity contribution in [2.24, 2.45) is 5.92 Å². The zero-order chi connectivity index (χ0) is 31.0. The van der Waals surface area contributed by atoms with Gasteiger partial charge in [0.1, 0.15) is 0 Å². The van der Waals surface area contributed by atoms with Gasteiger partial charge in [-0.1, -0.05) is 31.7 Å². The summed E-state index contributed by atoms with van der Waals surface area (Å²) in [6.07, 6.45) is 5.95. The van der Waals surface area contributed by atoms with E-state index < -0.39 is 12.1 Å². The zero-order valence-corrected chi connectivity index (χ0v) is 23.7. The number of imidazole rings is 1. The van der Waals surface area contributed by atoms with Gasteiger partial charge in [-0.15, -0.1) is 0 Å². The standard InChI is InChI=1S/C29H32N6O.C2HF3O2/c1-20-6-8-22(9-7-20)25-17-23(10-11-26(25)33-29(36)28-32-18-27(30-2)34-28)21-12-15-35(16-13-21)19-24-5-3-4-14-31-24;3-2(4,5)1(6)7/h3-5,8,10-11,14,17-18,20-21H,6-7,9,12-13,15-16,19H2,1H3,(H,32,34)(H,33,36);(H,6,7). The Bertz CT molecular complexity index is 1490. The third-order valence-corrected chi connectivity index (χ3v) is 7.62. The summed E-state index contributed by atoms with van der Waals surface area (Å²) < 4.78 is 31.7. The molecule has 1 aromatic carbocycles. The maximum absolute atomic E-state index is 12.9. The number of aromatic amines is 1. The van der Waals surface area contributed by atoms with Gasteiger partial charge in [-0.05, 0) is 92.4 Å². The SMILES string of the molecule is O=C(O)C(F)(F)F.[C-]#[N+]c1cnc(C(=O)Nc2ccc(C3CCN(Cc4ccccn4)CC3)cc2C2=CCC(C)CC2)[nH]1. The van der Waals surface area contributed by atoms with Crippen molar-refractivity contribution >= 4 is 29.0 Å². The number of hydrogen-bond donors (Lipinski definition) is 3. The first-order chi connectivity index (χ1) is 20.5. The molecule has 1 aliphatic heterocycles. The molecule has 1 amide bonds. The lowest BCUT2D eigenvalue weighted by Gasteiger charge is -2.32. The lowest BCUT2D eigenvalue weighted by molar-refractivity contribution is -0.192. The molecule has 3 heterocycles. The van der Waals surface area contributed by atoms with Crippen molar-refractivity contribution in [1.29, 1.82) is 0 Å². The van der Waals surface area contributed by atoms with Crippen molar-refractivity contribution in [2.75, 3.05) is 18.4 Å². The zero-order valence-electron chi connectivity index (χ0n) is 23.7. The number of likely N-dealkylation sites (tertiary alicyclic amines) is 1. The van der Waals surface area contributed by atoms with Crippen LogP contribution in [0.25, 0.3) is 10.4 Å². The summed E-state index contributed by atoms with van der Waals surface area (Å²) in [7, 11) is 0. The van der Waals surface area contributed by atoms with E-state index in [1.165, 1.54) is 17.3 Å². The first-order valence-corrected chi connectivity index (χ1v) is 14.0. The number of anilines is 1. The summed E-state index contributed by atoms with van der Waals surface area (Å²) in [5, 5.41) is 10.2. The smallest absolute Gasteiger partial charge is 0.475 e. The van der Waals surface area contributed by atoms with Crippen LogP contribution >= 0.6 is 0 Å². The van der Waals surface area contributed by atoms with Crippen molar-refractivity contribution in [3.63, 3.8) is 0 Å². The maximum atomic E-state index is 12.9. The second-order valence-electron chi connectivity index (χ2n) is 10.8. The highest BCUT2D eigenvalue weighted by Crippen LogP contribution is 2.37. The molecule has 0 saturated carbocycles. The molecule has 5 rings (SSSR count). The van der Waals surface area contributed by atoms with Crippen molar-refractivity contribution in [1.82, 2.24) is 19.9 Å². The number of amides is 1. The van der Waals surface area contributed by atoms with E-state index in [1.54, 1.807) is 0 Å². The number of nitrogens with zero attached hydrogens (tertiary/aromatic N) is 4. The van der Waals surface area contributed by atoms with Crippen LogP contribution in [0, 0.1) is 12.5 Å². The lowest BCUT2D eigenvalue weighted by Crippen LogP contribution is -2.32. The summed E-state index contributed by atoms with van der Waals surface area (Å²) in [6.45, 7) is 12.4. The highest BCUT2D eigenvalue weighted by atomic mass is 19.4. The monoisotopic (exact) mass is 594 g/mol. The molecule has 9 nitrogen and oxygen atoms in total. The van der Waals surface area contributed by atoms with Crippen molar-refractivity contribution < 1.29 is 27.9 Å². The van der Waals surface area contributed by atoms with Gasteiger partial charge in [0, 0.05) is 24.0 Å². The molecule has 2 aromatic heterocycles. The molecule has 226 valence electrons. The van der Waals surface area contributed by atoms with Gasteiger partial charge in [0.05, 0.1) is 11.9 Å². The first-order valence-electron chi connectivity index (χ1n) is 14.0. The first kappa shape index (κ1) is 31.4. The maximum Gasteiger partial charge on any atom is 0.490 e. The quantitative estimate of drug-likeness (QED) is 0.270. The second-order valence-corrected chi connectivity index (χ2v) is 10.8. The van der Waals surface area contributed by atoms with Crippen molar-refractivity contribution in [3.05, 3.63) is 88.9 Å². The van der Waals surface area contributed by atoms with Gasteiger partial charge in [0.15, 0.2) is 0 Å². The number of piperidine rings is 1. The summed E-state index contributed by atoms with van der Waals surface area (Å²) in [5.74, 6) is -1.48. The summed E-state index contributed by atoms with van der Waals surface area (Å²) >= 11 is 0. The highest BCUT2D eigenvalue weighted by molar-refractivity contribution is 6.03. The number of carboxylic acid groups (broad SMARTS) is 1. The van der Waals surface area contributed by atoms with Gasteiger partial charge in [-0.25, -0.2) is 9.78 Å². The molecule has 0 bridgehead atoms. The molecule has 3 N–H and O–H groups in total. The van der Waals surface area contributed by atoms with Crippen LogP contribution in [0.2, 0.25) is 0 Å². The van der Waals surface area contributed by atoms with Crippen LogP contribution in [0.1, 0.15) is 72.4 Å². The van der Waals surface area contributed by atoms with Crippen molar-refractivity contribution in [3.8, 4) is 0 Å². The third-order valence-electron chi connectivity index (χ3n) is 7.62. The summed E-state index contributed by atoms with van der Waals surface area (Å²) in [5.41, 5.74) is 5.68. The molecule has 1 unspecified atom stereocenters. The molecule has 1 saturated heterocycles. The molecule has 0 radical (unpaired) electrons. The number of carboxylic acids is 1. The van der Waals surface area contributed by atoms with E-state index in [0.717, 1.165) is 68.7 Å². The number of carbonyl (C=O) groups is 2. The van der Waals surface area contributed by atoms with Crippen LogP contribution < -0.4 is 5.32 Å². The van der Waals surface area contributed by atoms with Gasteiger partial charge >= 0.3 is 18.1 Å². The molecule has 1 aliphatic carbocycles. The van der Waals surface area contributed by atoms with Gasteiger partial charge in [-0.2, -0.15) is 13.2 Å². The van der Waals surface area contributed by atoms with E-state index in [-0.39, 0.29) is 17.5 Å². The fourth-order valence-electron chi connectivity index (χ4n) is 5.21. The van der Waals surface area contributed by atoms with Gasteiger partial charge in [0.2, 0.25) is 5.82 Å². The van der Waals surface area contributed by atoms with Crippen LogP contribution in [0.3, 0.4) is 0 Å². The number of benzene rings is 1. The normalized spacial score (nSPS) is 17.7. The molecule has 3 aromatic rings. The Labute approximate surface area is 247 Å². The number of carbonyl (C=O) groups excluding carboxylic acids is 1. The van der Waals surface area contributed by atoms with E-state index in [0.29, 0.717) is 11.8 Å². The number of rotatable bonds is 6. The number of H-pyrrole nitrogens is 1. The van der Waals surface area contributed by atoms with Crippen LogP contribution in [-0.4, -0.2) is 56.1 Å². The molecular formula is C31H33F3N6O3. The number of alkyl halides is 3. The second kappa shape index (κ2) is 14.1. The van der Waals surface area contributed by atoms with E-state index >= 15 is 0 Å². The third kappa shape index (κ3) is 8.75. The topological polar surface area (TPSA) is 116 Å². The number of hydrogen-bond acceptors (Lipinski definition) is 5. The number of nitrogens with one attached hydrogen (secondary N) is 2. The minimum atomic E-state index is -5.08. The Morgan fingerprint density at radius 3 is 2.49 bits per heavy atom. The largest absolute Gasteiger partial charge is 0.490 e. The average Bonchev–Trinajstić information content (AvgIpc) is 3.49. The van der Waals surface area contributed by atoms with E-state index in [9.17, 15) is 18.0 Å². The van der Waals surface area contributed by atoms with Crippen LogP contribution in [-0.2, 0) is 11.3 Å². The van der Waals surface area contributed by atoms with Gasteiger partial charge < -0.3 is 15.3 Å². The molecule has 2 aliphatic rings. The Hall–Kier alpha value is -4.50. The molecular weight excluding hydrogens is 561 g/mol. The van der Waals surface area contributed by atoms with E-state index in [1.807, 2.05) is 24.4 Å². The minimum absolute atomic E-state index is 0.155. The fraction of sp³-hybridized carbons (Fsp3) is 0.387. The van der Waals surface area contributed by atoms with Crippen LogP contribution in [0.4, 0.5) is 24.7 Å². The van der Waals surface area contributed by atoms with E-state index in [4.69, 9.17) is 16.5 Å². The van der Waals surface area contributed by atoms with Crippen LogP contribution in [0.15, 0.2) is 54.9 Å². The Morgan fingerprint density at radius 1 is 1.16 bits per heavy atom. The van der Waals surface area contributed by atoms with Crippen LogP contribution in [0.5, 0.6) is 0 Å². The number of allylic oxidation sites excluding steroid dienone is 2.